The SMILES string of the molecule is c1cncc(-c2cccc(-c3cccc(-c4cc(-c5cccc(-c6cccc(-c7cccnc7)n6)c5)cc(-c5ccc6c(c5)C5(c7ccccc7-c7ccccc75)c5ccccc5-6)c4)c3)n2)c1. The Labute approximate surface area is 389 Å². The van der Waals surface area contributed by atoms with Gasteiger partial charge in [-0.1, -0.05) is 133 Å². The summed E-state index contributed by atoms with van der Waals surface area (Å²) in [5.41, 5.74) is 24.5. The number of benzene rings is 7. The lowest BCUT2D eigenvalue weighted by molar-refractivity contribution is 0.794. The summed E-state index contributed by atoms with van der Waals surface area (Å²) in [5.74, 6) is 0. The lowest BCUT2D eigenvalue weighted by Gasteiger charge is -2.30. The van der Waals surface area contributed by atoms with Gasteiger partial charge in [0.25, 0.3) is 0 Å². The van der Waals surface area contributed by atoms with E-state index >= 15 is 0 Å². The van der Waals surface area contributed by atoms with E-state index in [0.29, 0.717) is 0 Å². The molecule has 7 aromatic carbocycles. The van der Waals surface area contributed by atoms with Gasteiger partial charge in [-0.25, -0.2) is 9.97 Å². The van der Waals surface area contributed by atoms with Crippen LogP contribution in [0.25, 0.3) is 101 Å². The Morgan fingerprint density at radius 3 is 1.04 bits per heavy atom. The Bertz CT molecular complexity index is 3500. The molecule has 4 nitrogen and oxygen atoms in total. The molecule has 1 spiro atoms. The molecule has 312 valence electrons. The van der Waals surface area contributed by atoms with Crippen LogP contribution in [0.5, 0.6) is 0 Å². The van der Waals surface area contributed by atoms with Crippen molar-refractivity contribution in [1.29, 1.82) is 0 Å². The molecule has 0 atom stereocenters. The second-order valence-electron chi connectivity index (χ2n) is 17.4. The predicted molar refractivity (Wildman–Crippen MR) is 272 cm³/mol. The zero-order valence-corrected chi connectivity index (χ0v) is 36.4. The number of pyridine rings is 4. The third kappa shape index (κ3) is 6.37. The lowest BCUT2D eigenvalue weighted by Crippen LogP contribution is -2.25. The zero-order chi connectivity index (χ0) is 44.3. The fourth-order valence-corrected chi connectivity index (χ4v) is 10.7. The van der Waals surface area contributed by atoms with Crippen LogP contribution < -0.4 is 0 Å². The first-order valence-corrected chi connectivity index (χ1v) is 22.7. The number of aromatic nitrogens is 4. The smallest absolute Gasteiger partial charge is 0.0725 e. The average molecular weight is 853 g/mol. The molecule has 0 fully saturated rings. The van der Waals surface area contributed by atoms with Crippen molar-refractivity contribution in [3.05, 3.63) is 265 Å². The maximum Gasteiger partial charge on any atom is 0.0725 e. The standard InChI is InChI=1S/C63H40N4/c1-4-22-55-51(19-1)52-20-2-5-23-56(52)63(55)57-24-6-3-21-53(57)54-30-29-43(38-58(54)63)50-36-48(41-13-7-15-44(33-41)59-25-9-27-61(66-59)46-17-11-31-64-39-46)35-49(37-50)42-14-8-16-45(34-42)60-26-10-28-62(67-60)47-18-12-32-65-40-47/h1-40H. The minimum absolute atomic E-state index is 0.438. The number of rotatable bonds is 7. The second-order valence-corrected chi connectivity index (χ2v) is 17.4. The van der Waals surface area contributed by atoms with Crippen molar-refractivity contribution in [2.24, 2.45) is 0 Å². The van der Waals surface area contributed by atoms with E-state index in [1.165, 1.54) is 50.1 Å². The van der Waals surface area contributed by atoms with Crippen LogP contribution in [0.2, 0.25) is 0 Å². The van der Waals surface area contributed by atoms with E-state index in [1.54, 1.807) is 12.4 Å². The third-order valence-electron chi connectivity index (χ3n) is 13.7. The Balaban J connectivity index is 0.986. The van der Waals surface area contributed by atoms with Gasteiger partial charge in [0.2, 0.25) is 0 Å². The summed E-state index contributed by atoms with van der Waals surface area (Å²) in [4.78, 5) is 18.9. The maximum atomic E-state index is 5.11. The molecule has 0 amide bonds. The molecule has 67 heavy (non-hydrogen) atoms. The van der Waals surface area contributed by atoms with Crippen LogP contribution in [0, 0.1) is 0 Å². The molecule has 11 aromatic rings. The minimum Gasteiger partial charge on any atom is -0.264 e. The first-order chi connectivity index (χ1) is 33.2. The zero-order valence-electron chi connectivity index (χ0n) is 36.4. The Morgan fingerprint density at radius 2 is 0.597 bits per heavy atom. The minimum atomic E-state index is -0.438. The van der Waals surface area contributed by atoms with Crippen molar-refractivity contribution in [1.82, 2.24) is 19.9 Å². The van der Waals surface area contributed by atoms with Gasteiger partial charge in [-0.3, -0.25) is 9.97 Å². The van der Waals surface area contributed by atoms with Crippen molar-refractivity contribution < 1.29 is 0 Å². The third-order valence-corrected chi connectivity index (χ3v) is 13.7. The van der Waals surface area contributed by atoms with E-state index in [1.807, 2.05) is 36.7 Å². The highest BCUT2D eigenvalue weighted by Crippen LogP contribution is 2.63. The van der Waals surface area contributed by atoms with E-state index in [0.717, 1.165) is 72.8 Å². The summed E-state index contributed by atoms with van der Waals surface area (Å²) >= 11 is 0. The van der Waals surface area contributed by atoms with Crippen molar-refractivity contribution in [3.63, 3.8) is 0 Å². The number of fused-ring (bicyclic) bond motifs is 10. The number of hydrogen-bond donors (Lipinski definition) is 0. The van der Waals surface area contributed by atoms with E-state index in [9.17, 15) is 0 Å². The molecule has 0 bridgehead atoms. The number of nitrogens with zero attached hydrogens (tertiary/aromatic N) is 4. The van der Waals surface area contributed by atoms with Gasteiger partial charge in [0.15, 0.2) is 0 Å². The molecule has 4 heterocycles. The molecule has 0 aliphatic heterocycles. The fraction of sp³-hybridized carbons (Fsp3) is 0.0159. The highest BCUT2D eigenvalue weighted by Gasteiger charge is 2.51. The fourth-order valence-electron chi connectivity index (χ4n) is 10.7. The van der Waals surface area contributed by atoms with Gasteiger partial charge in [-0.05, 0) is 163 Å². The Hall–Kier alpha value is -8.86. The van der Waals surface area contributed by atoms with Gasteiger partial charge in [0.1, 0.15) is 0 Å². The van der Waals surface area contributed by atoms with Crippen LogP contribution >= 0.6 is 0 Å². The molecule has 0 unspecified atom stereocenters. The van der Waals surface area contributed by atoms with Gasteiger partial charge in [0.05, 0.1) is 28.2 Å². The monoisotopic (exact) mass is 852 g/mol. The molecular weight excluding hydrogens is 813 g/mol. The van der Waals surface area contributed by atoms with E-state index in [2.05, 4.69) is 204 Å². The quantitative estimate of drug-likeness (QED) is 0.160. The van der Waals surface area contributed by atoms with Gasteiger partial charge in [-0.2, -0.15) is 0 Å². The molecular formula is C63H40N4. The highest BCUT2D eigenvalue weighted by atomic mass is 14.7. The van der Waals surface area contributed by atoms with Crippen molar-refractivity contribution in [3.8, 4) is 101 Å². The van der Waals surface area contributed by atoms with Gasteiger partial charge < -0.3 is 0 Å². The first kappa shape index (κ1) is 38.6. The molecule has 0 N–H and O–H groups in total. The van der Waals surface area contributed by atoms with E-state index < -0.39 is 5.41 Å². The molecule has 4 aromatic heterocycles. The van der Waals surface area contributed by atoms with Crippen LogP contribution in [0.15, 0.2) is 243 Å². The van der Waals surface area contributed by atoms with Crippen LogP contribution in [0.4, 0.5) is 0 Å². The van der Waals surface area contributed by atoms with Crippen LogP contribution in [-0.2, 0) is 5.41 Å². The molecule has 13 rings (SSSR count). The molecule has 0 radical (unpaired) electrons. The van der Waals surface area contributed by atoms with Crippen molar-refractivity contribution in [2.45, 2.75) is 5.41 Å². The molecule has 2 aliphatic rings. The summed E-state index contributed by atoms with van der Waals surface area (Å²) in [5, 5.41) is 0. The normalized spacial score (nSPS) is 12.6. The highest BCUT2D eigenvalue weighted by molar-refractivity contribution is 5.96. The molecule has 0 saturated heterocycles. The largest absolute Gasteiger partial charge is 0.264 e. The molecule has 4 heteroatoms. The first-order valence-electron chi connectivity index (χ1n) is 22.7. The summed E-state index contributed by atoms with van der Waals surface area (Å²) < 4.78 is 0. The van der Waals surface area contributed by atoms with Crippen molar-refractivity contribution >= 4 is 0 Å². The average Bonchev–Trinajstić information content (AvgIpc) is 3.88. The summed E-state index contributed by atoms with van der Waals surface area (Å²) in [6, 6.07) is 79.2. The van der Waals surface area contributed by atoms with E-state index in [4.69, 9.17) is 9.97 Å². The lowest BCUT2D eigenvalue weighted by atomic mass is 9.70. The summed E-state index contributed by atoms with van der Waals surface area (Å²) in [6.45, 7) is 0. The van der Waals surface area contributed by atoms with Gasteiger partial charge in [0, 0.05) is 47.0 Å². The van der Waals surface area contributed by atoms with Gasteiger partial charge >= 0.3 is 0 Å². The Morgan fingerprint density at radius 1 is 0.239 bits per heavy atom. The van der Waals surface area contributed by atoms with Crippen LogP contribution in [-0.4, -0.2) is 19.9 Å². The van der Waals surface area contributed by atoms with Gasteiger partial charge in [-0.15, -0.1) is 0 Å². The predicted octanol–water partition coefficient (Wildman–Crippen LogP) is 15.3. The maximum absolute atomic E-state index is 5.11. The molecule has 0 saturated carbocycles. The van der Waals surface area contributed by atoms with Crippen LogP contribution in [0.3, 0.4) is 0 Å². The van der Waals surface area contributed by atoms with E-state index in [-0.39, 0.29) is 0 Å². The summed E-state index contributed by atoms with van der Waals surface area (Å²) in [6.07, 6.45) is 7.31. The summed E-state index contributed by atoms with van der Waals surface area (Å²) in [7, 11) is 0. The van der Waals surface area contributed by atoms with Crippen LogP contribution in [0.1, 0.15) is 22.3 Å². The topological polar surface area (TPSA) is 51.6 Å². The molecule has 2 aliphatic carbocycles. The second kappa shape index (κ2) is 15.7. The van der Waals surface area contributed by atoms with Crippen molar-refractivity contribution in [2.75, 3.05) is 0 Å². The Kier molecular flexibility index (Phi) is 9.04. The number of hydrogen-bond acceptors (Lipinski definition) is 4.